The van der Waals surface area contributed by atoms with Gasteiger partial charge in [0.2, 0.25) is 10.0 Å². The molecule has 0 saturated carbocycles. The first-order chi connectivity index (χ1) is 8.35. The van der Waals surface area contributed by atoms with Crippen molar-refractivity contribution in [2.75, 3.05) is 23.6 Å². The van der Waals surface area contributed by atoms with E-state index >= 15 is 0 Å². The Morgan fingerprint density at radius 1 is 1.17 bits per heavy atom. The highest BCUT2D eigenvalue weighted by atomic mass is 35.5. The molecule has 0 aliphatic heterocycles. The van der Waals surface area contributed by atoms with Gasteiger partial charge in [-0.25, -0.2) is 8.42 Å². The second-order valence-corrected chi connectivity index (χ2v) is 6.61. The molecule has 1 rings (SSSR count). The molecule has 0 fully saturated rings. The van der Waals surface area contributed by atoms with E-state index in [1.165, 1.54) is 12.1 Å². The largest absolute Gasteiger partial charge is 0.316 e. The normalized spacial score (nSPS) is 11.6. The predicted molar refractivity (Wildman–Crippen MR) is 77.4 cm³/mol. The van der Waals surface area contributed by atoms with Crippen LogP contribution in [0.25, 0.3) is 0 Å². The van der Waals surface area contributed by atoms with Crippen molar-refractivity contribution in [1.29, 1.82) is 0 Å². The molecule has 0 spiro atoms. The van der Waals surface area contributed by atoms with E-state index in [2.05, 4.69) is 10.0 Å². The maximum Gasteiger partial charge on any atom is 0.234 e. The van der Waals surface area contributed by atoms with Crippen LogP contribution in [0.1, 0.15) is 6.92 Å². The molecule has 102 valence electrons. The van der Waals surface area contributed by atoms with Crippen LogP contribution < -0.4 is 10.0 Å². The van der Waals surface area contributed by atoms with E-state index in [9.17, 15) is 8.42 Å². The molecule has 0 aromatic heterocycles. The third kappa shape index (κ3) is 4.82. The second kappa shape index (κ2) is 6.82. The molecule has 1 aromatic carbocycles. The summed E-state index contributed by atoms with van der Waals surface area (Å²) in [6.45, 7) is 2.96. The summed E-state index contributed by atoms with van der Waals surface area (Å²) >= 11 is 17.5. The van der Waals surface area contributed by atoms with E-state index in [-0.39, 0.29) is 21.5 Å². The number of hydrogen-bond donors (Lipinski definition) is 2. The second-order valence-electron chi connectivity index (χ2n) is 3.52. The molecule has 2 N–H and O–H groups in total. The summed E-state index contributed by atoms with van der Waals surface area (Å²) in [5.74, 6) is -0.0594. The van der Waals surface area contributed by atoms with E-state index in [1.54, 1.807) is 0 Å². The van der Waals surface area contributed by atoms with Crippen molar-refractivity contribution < 1.29 is 8.42 Å². The minimum atomic E-state index is -3.49. The first-order valence-electron chi connectivity index (χ1n) is 5.21. The van der Waals surface area contributed by atoms with E-state index in [0.29, 0.717) is 18.1 Å². The minimum absolute atomic E-state index is 0.0594. The predicted octanol–water partition coefficient (Wildman–Crippen LogP) is 3.00. The molecular formula is C10H13Cl3N2O2S. The van der Waals surface area contributed by atoms with Crippen molar-refractivity contribution in [3.05, 3.63) is 27.2 Å². The summed E-state index contributed by atoms with van der Waals surface area (Å²) in [5, 5.41) is 3.60. The van der Waals surface area contributed by atoms with E-state index in [4.69, 9.17) is 34.8 Å². The molecular weight excluding hydrogens is 319 g/mol. The zero-order valence-electron chi connectivity index (χ0n) is 9.63. The van der Waals surface area contributed by atoms with Gasteiger partial charge in [-0.05, 0) is 18.7 Å². The van der Waals surface area contributed by atoms with Gasteiger partial charge in [-0.3, -0.25) is 4.72 Å². The summed E-state index contributed by atoms with van der Waals surface area (Å²) in [4.78, 5) is 0. The zero-order chi connectivity index (χ0) is 13.8. The van der Waals surface area contributed by atoms with Crippen molar-refractivity contribution in [2.45, 2.75) is 6.92 Å². The van der Waals surface area contributed by atoms with Crippen LogP contribution in [0.2, 0.25) is 15.1 Å². The molecule has 8 heteroatoms. The molecule has 0 radical (unpaired) electrons. The Balaban J connectivity index is 2.84. The summed E-state index contributed by atoms with van der Waals surface area (Å²) < 4.78 is 25.9. The van der Waals surface area contributed by atoms with Gasteiger partial charge in [0.05, 0.1) is 21.5 Å². The van der Waals surface area contributed by atoms with Crippen LogP contribution in [0.3, 0.4) is 0 Å². The Kier molecular flexibility index (Phi) is 6.01. The third-order valence-electron chi connectivity index (χ3n) is 2.06. The van der Waals surface area contributed by atoms with Gasteiger partial charge in [-0.15, -0.1) is 0 Å². The van der Waals surface area contributed by atoms with Crippen molar-refractivity contribution in [2.24, 2.45) is 0 Å². The number of nitrogens with one attached hydrogen (secondary N) is 2. The van der Waals surface area contributed by atoms with Crippen LogP contribution in [0.15, 0.2) is 12.1 Å². The standard InChI is InChI=1S/C10H13Cl3N2O2S/c1-2-14-3-4-18(16,17)15-10-8(12)5-7(11)6-9(10)13/h5-6,14-15H,2-4H2,1H3. The fourth-order valence-electron chi connectivity index (χ4n) is 1.23. The summed E-state index contributed by atoms with van der Waals surface area (Å²) in [5.41, 5.74) is 0.152. The van der Waals surface area contributed by atoms with Gasteiger partial charge in [0.25, 0.3) is 0 Å². The first-order valence-corrected chi connectivity index (χ1v) is 8.00. The fourth-order valence-corrected chi connectivity index (χ4v) is 3.30. The molecule has 0 aliphatic rings. The van der Waals surface area contributed by atoms with E-state index in [1.807, 2.05) is 6.92 Å². The molecule has 0 atom stereocenters. The number of hydrogen-bond acceptors (Lipinski definition) is 3. The molecule has 4 nitrogen and oxygen atoms in total. The topological polar surface area (TPSA) is 58.2 Å². The van der Waals surface area contributed by atoms with Crippen LogP contribution in [-0.4, -0.2) is 27.3 Å². The van der Waals surface area contributed by atoms with Crippen molar-refractivity contribution in [1.82, 2.24) is 5.32 Å². The zero-order valence-corrected chi connectivity index (χ0v) is 12.7. The Hall–Kier alpha value is -0.200. The van der Waals surface area contributed by atoms with Gasteiger partial charge in [0.15, 0.2) is 0 Å². The number of halogens is 3. The van der Waals surface area contributed by atoms with Gasteiger partial charge >= 0.3 is 0 Å². The lowest BCUT2D eigenvalue weighted by Crippen LogP contribution is -2.26. The molecule has 0 heterocycles. The minimum Gasteiger partial charge on any atom is -0.316 e. The lowest BCUT2D eigenvalue weighted by molar-refractivity contribution is 0.597. The number of benzene rings is 1. The average molecular weight is 332 g/mol. The van der Waals surface area contributed by atoms with Crippen LogP contribution >= 0.6 is 34.8 Å². The Bertz CT molecular complexity index is 497. The molecule has 1 aromatic rings. The van der Waals surface area contributed by atoms with Crippen LogP contribution in [0, 0.1) is 0 Å². The number of rotatable bonds is 6. The smallest absolute Gasteiger partial charge is 0.234 e. The van der Waals surface area contributed by atoms with Gasteiger partial charge in [0.1, 0.15) is 0 Å². The van der Waals surface area contributed by atoms with Gasteiger partial charge in [-0.1, -0.05) is 41.7 Å². The lowest BCUT2D eigenvalue weighted by Gasteiger charge is -2.11. The number of anilines is 1. The van der Waals surface area contributed by atoms with Crippen LogP contribution in [-0.2, 0) is 10.0 Å². The van der Waals surface area contributed by atoms with E-state index < -0.39 is 10.0 Å². The van der Waals surface area contributed by atoms with Crippen molar-refractivity contribution >= 4 is 50.5 Å². The molecule has 0 unspecified atom stereocenters. The Morgan fingerprint density at radius 3 is 2.22 bits per heavy atom. The molecule has 0 amide bonds. The van der Waals surface area contributed by atoms with Crippen molar-refractivity contribution in [3.63, 3.8) is 0 Å². The van der Waals surface area contributed by atoms with Gasteiger partial charge in [0, 0.05) is 11.6 Å². The highest BCUT2D eigenvalue weighted by molar-refractivity contribution is 7.92. The van der Waals surface area contributed by atoms with Gasteiger partial charge in [-0.2, -0.15) is 0 Å². The third-order valence-corrected chi connectivity index (χ3v) is 4.13. The summed E-state index contributed by atoms with van der Waals surface area (Å²) in [6.07, 6.45) is 0. The fraction of sp³-hybridized carbons (Fsp3) is 0.400. The molecule has 0 saturated heterocycles. The van der Waals surface area contributed by atoms with Crippen LogP contribution in [0.4, 0.5) is 5.69 Å². The lowest BCUT2D eigenvalue weighted by atomic mass is 10.3. The number of sulfonamides is 1. The Morgan fingerprint density at radius 2 is 1.72 bits per heavy atom. The highest BCUT2D eigenvalue weighted by Crippen LogP contribution is 2.34. The molecule has 0 aliphatic carbocycles. The van der Waals surface area contributed by atoms with Crippen LogP contribution in [0.5, 0.6) is 0 Å². The van der Waals surface area contributed by atoms with Gasteiger partial charge < -0.3 is 5.32 Å². The SMILES string of the molecule is CCNCCS(=O)(=O)Nc1c(Cl)cc(Cl)cc1Cl. The average Bonchev–Trinajstić information content (AvgIpc) is 2.23. The Labute approximate surface area is 122 Å². The summed E-state index contributed by atoms with van der Waals surface area (Å²) in [7, 11) is -3.49. The maximum atomic E-state index is 11.8. The monoisotopic (exact) mass is 330 g/mol. The molecule has 18 heavy (non-hydrogen) atoms. The quantitative estimate of drug-likeness (QED) is 0.788. The molecule has 0 bridgehead atoms. The first kappa shape index (κ1) is 15.9. The maximum absolute atomic E-state index is 11.8. The van der Waals surface area contributed by atoms with Crippen molar-refractivity contribution in [3.8, 4) is 0 Å². The van der Waals surface area contributed by atoms with E-state index in [0.717, 1.165) is 0 Å². The highest BCUT2D eigenvalue weighted by Gasteiger charge is 2.15. The summed E-state index contributed by atoms with van der Waals surface area (Å²) in [6, 6.07) is 2.86.